The monoisotopic (exact) mass is 683 g/mol. The highest BCUT2D eigenvalue weighted by atomic mass is 28.4. The van der Waals surface area contributed by atoms with E-state index in [1.807, 2.05) is 20.8 Å². The van der Waals surface area contributed by atoms with Crippen LogP contribution in [-0.2, 0) is 13.3 Å². The number of fused-ring (bicyclic) bond motifs is 1. The molecule has 4 aromatic rings. The number of hydrogen-bond donors (Lipinski definition) is 0. The number of anilines is 3. The standard InChI is InChI=1S/C42H61N3O3Si/c1-9-43(10-2)36-26-22-34(23-27-36)42(35-24-28-37(29-25-35)44(11-3)12-4)40-30-31-41(39-21-18-17-20-38(39)40)45(13-5)32-19-33-49(46-14-6,47-15-7)48-16-8/h17-18,20-31,42H,9-16,19,32-33H2,1-8H3. The van der Waals surface area contributed by atoms with E-state index in [1.54, 1.807) is 0 Å². The predicted octanol–water partition coefficient (Wildman–Crippen LogP) is 9.98. The Morgan fingerprint density at radius 2 is 0.959 bits per heavy atom. The van der Waals surface area contributed by atoms with Gasteiger partial charge in [-0.25, -0.2) is 0 Å². The van der Waals surface area contributed by atoms with Crippen LogP contribution in [0.5, 0.6) is 0 Å². The van der Waals surface area contributed by atoms with Crippen LogP contribution < -0.4 is 14.7 Å². The fourth-order valence-corrected chi connectivity index (χ4v) is 9.85. The van der Waals surface area contributed by atoms with Crippen molar-refractivity contribution in [2.75, 3.05) is 73.8 Å². The first-order valence-corrected chi connectivity index (χ1v) is 20.7. The Morgan fingerprint density at radius 3 is 1.39 bits per heavy atom. The van der Waals surface area contributed by atoms with Crippen molar-refractivity contribution in [2.24, 2.45) is 0 Å². The van der Waals surface area contributed by atoms with Gasteiger partial charge >= 0.3 is 8.80 Å². The van der Waals surface area contributed by atoms with Gasteiger partial charge in [0.05, 0.1) is 0 Å². The summed E-state index contributed by atoms with van der Waals surface area (Å²) in [6.45, 7) is 24.8. The molecule has 4 aromatic carbocycles. The molecule has 0 aliphatic heterocycles. The van der Waals surface area contributed by atoms with Crippen molar-refractivity contribution in [3.05, 3.63) is 102 Å². The number of rotatable bonds is 21. The molecule has 6 nitrogen and oxygen atoms in total. The molecule has 0 aliphatic carbocycles. The Balaban J connectivity index is 1.75. The highest BCUT2D eigenvalue weighted by Gasteiger charge is 2.39. The summed E-state index contributed by atoms with van der Waals surface area (Å²) in [6, 6.07) is 33.0. The minimum atomic E-state index is -2.69. The number of nitrogens with zero attached hydrogens (tertiary/aromatic N) is 3. The first-order chi connectivity index (χ1) is 23.9. The fraction of sp³-hybridized carbons (Fsp3) is 0.476. The zero-order valence-corrected chi connectivity index (χ0v) is 32.5. The molecule has 49 heavy (non-hydrogen) atoms. The Morgan fingerprint density at radius 1 is 0.510 bits per heavy atom. The normalized spacial score (nSPS) is 11.8. The van der Waals surface area contributed by atoms with Gasteiger partial charge in [-0.1, -0.05) is 54.6 Å². The second-order valence-corrected chi connectivity index (χ2v) is 15.1. The zero-order valence-electron chi connectivity index (χ0n) is 31.5. The molecule has 0 amide bonds. The third kappa shape index (κ3) is 9.25. The lowest BCUT2D eigenvalue weighted by molar-refractivity contribution is 0.0709. The smallest absolute Gasteiger partial charge is 0.374 e. The van der Waals surface area contributed by atoms with Gasteiger partial charge in [0, 0.05) is 93.5 Å². The maximum absolute atomic E-state index is 6.16. The molecule has 4 rings (SSSR count). The molecule has 0 N–H and O–H groups in total. The topological polar surface area (TPSA) is 37.4 Å². The first kappa shape index (κ1) is 38.4. The SMILES string of the molecule is CCO[Si](CCCN(CC)c1ccc(C(c2ccc(N(CC)CC)cc2)c2ccc(N(CC)CC)cc2)c2ccccc12)(OCC)OCC. The van der Waals surface area contributed by atoms with Crippen LogP contribution in [0.3, 0.4) is 0 Å². The third-order valence-corrected chi connectivity index (χ3v) is 12.8. The van der Waals surface area contributed by atoms with Crippen molar-refractivity contribution in [2.45, 2.75) is 73.8 Å². The molecule has 0 radical (unpaired) electrons. The second-order valence-electron chi connectivity index (χ2n) is 12.3. The van der Waals surface area contributed by atoms with Gasteiger partial charge in [0.2, 0.25) is 0 Å². The minimum absolute atomic E-state index is 0.0979. The maximum atomic E-state index is 6.16. The molecule has 0 bridgehead atoms. The lowest BCUT2D eigenvalue weighted by atomic mass is 9.82. The van der Waals surface area contributed by atoms with E-state index in [2.05, 4.69) is 134 Å². The van der Waals surface area contributed by atoms with Crippen LogP contribution in [0.15, 0.2) is 84.9 Å². The number of benzene rings is 4. The van der Waals surface area contributed by atoms with Crippen LogP contribution in [-0.4, -0.2) is 67.9 Å². The van der Waals surface area contributed by atoms with Gasteiger partial charge in [0.1, 0.15) is 0 Å². The minimum Gasteiger partial charge on any atom is -0.374 e. The lowest BCUT2D eigenvalue weighted by Crippen LogP contribution is -2.46. The summed E-state index contributed by atoms with van der Waals surface area (Å²) in [5.74, 6) is 0.0979. The van der Waals surface area contributed by atoms with Crippen molar-refractivity contribution in [1.29, 1.82) is 0 Å². The van der Waals surface area contributed by atoms with E-state index in [0.29, 0.717) is 19.8 Å². The van der Waals surface area contributed by atoms with E-state index < -0.39 is 8.80 Å². The van der Waals surface area contributed by atoms with Crippen LogP contribution in [0.2, 0.25) is 6.04 Å². The van der Waals surface area contributed by atoms with Gasteiger partial charge in [0.15, 0.2) is 0 Å². The molecule has 0 saturated heterocycles. The first-order valence-electron chi connectivity index (χ1n) is 18.8. The molecular formula is C42H61N3O3Si. The summed E-state index contributed by atoms with van der Waals surface area (Å²) in [5.41, 5.74) is 7.76. The average Bonchev–Trinajstić information content (AvgIpc) is 3.13. The lowest BCUT2D eigenvalue weighted by Gasteiger charge is -2.31. The number of hydrogen-bond acceptors (Lipinski definition) is 6. The van der Waals surface area contributed by atoms with Gasteiger partial charge < -0.3 is 28.0 Å². The van der Waals surface area contributed by atoms with Crippen molar-refractivity contribution in [1.82, 2.24) is 0 Å². The summed E-state index contributed by atoms with van der Waals surface area (Å²) in [7, 11) is -2.69. The second kappa shape index (κ2) is 19.1. The Kier molecular flexibility index (Phi) is 15.0. The van der Waals surface area contributed by atoms with Gasteiger partial charge in [-0.05, 0) is 114 Å². The van der Waals surface area contributed by atoms with Crippen LogP contribution in [0.25, 0.3) is 10.8 Å². The molecule has 7 heteroatoms. The fourth-order valence-electron chi connectivity index (χ4n) is 7.25. The van der Waals surface area contributed by atoms with Crippen LogP contribution >= 0.6 is 0 Å². The molecule has 0 unspecified atom stereocenters. The molecule has 0 spiro atoms. The average molecular weight is 684 g/mol. The quantitative estimate of drug-likeness (QED) is 0.0643. The summed E-state index contributed by atoms with van der Waals surface area (Å²) in [6.07, 6.45) is 0.941. The molecule has 266 valence electrons. The highest BCUT2D eigenvalue weighted by molar-refractivity contribution is 6.60. The maximum Gasteiger partial charge on any atom is 0.500 e. The van der Waals surface area contributed by atoms with E-state index in [-0.39, 0.29) is 5.92 Å². The molecule has 0 heterocycles. The molecule has 0 aromatic heterocycles. The van der Waals surface area contributed by atoms with Crippen molar-refractivity contribution >= 4 is 36.6 Å². The predicted molar refractivity (Wildman–Crippen MR) is 213 cm³/mol. The Bertz CT molecular complexity index is 1470. The summed E-state index contributed by atoms with van der Waals surface area (Å²) >= 11 is 0. The molecule has 0 aliphatic rings. The van der Waals surface area contributed by atoms with Crippen molar-refractivity contribution in [3.63, 3.8) is 0 Å². The van der Waals surface area contributed by atoms with Gasteiger partial charge in [-0.2, -0.15) is 0 Å². The van der Waals surface area contributed by atoms with E-state index in [9.17, 15) is 0 Å². The largest absolute Gasteiger partial charge is 0.500 e. The van der Waals surface area contributed by atoms with Crippen molar-refractivity contribution < 1.29 is 13.3 Å². The van der Waals surface area contributed by atoms with Crippen LogP contribution in [0.1, 0.15) is 84.4 Å². The van der Waals surface area contributed by atoms with E-state index >= 15 is 0 Å². The summed E-state index contributed by atoms with van der Waals surface area (Å²) in [5, 5.41) is 2.58. The Labute approximate surface area is 298 Å². The van der Waals surface area contributed by atoms with Crippen molar-refractivity contribution in [3.8, 4) is 0 Å². The molecular weight excluding hydrogens is 623 g/mol. The van der Waals surface area contributed by atoms with Gasteiger partial charge in [-0.3, -0.25) is 0 Å². The zero-order chi connectivity index (χ0) is 35.2. The summed E-state index contributed by atoms with van der Waals surface area (Å²) < 4.78 is 18.5. The molecule has 0 saturated carbocycles. The van der Waals surface area contributed by atoms with Crippen LogP contribution in [0, 0.1) is 0 Å². The molecule has 0 fully saturated rings. The van der Waals surface area contributed by atoms with Crippen LogP contribution in [0.4, 0.5) is 17.1 Å². The van der Waals surface area contributed by atoms with E-state index in [0.717, 1.165) is 51.7 Å². The summed E-state index contributed by atoms with van der Waals surface area (Å²) in [4.78, 5) is 7.32. The Hall–Kier alpha value is -3.36. The third-order valence-electron chi connectivity index (χ3n) is 9.68. The van der Waals surface area contributed by atoms with Gasteiger partial charge in [-0.15, -0.1) is 0 Å². The molecule has 0 atom stereocenters. The van der Waals surface area contributed by atoms with E-state index in [1.165, 1.54) is 44.5 Å². The van der Waals surface area contributed by atoms with E-state index in [4.69, 9.17) is 13.3 Å². The highest BCUT2D eigenvalue weighted by Crippen LogP contribution is 2.40. The van der Waals surface area contributed by atoms with Gasteiger partial charge in [0.25, 0.3) is 0 Å².